The summed E-state index contributed by atoms with van der Waals surface area (Å²) in [5, 5.41) is 2.94. The molecule has 0 aliphatic carbocycles. The maximum absolute atomic E-state index is 12.4. The van der Waals surface area contributed by atoms with Crippen molar-refractivity contribution in [1.29, 1.82) is 0 Å². The zero-order valence-electron chi connectivity index (χ0n) is 14.1. The van der Waals surface area contributed by atoms with Crippen LogP contribution in [-0.2, 0) is 0 Å². The number of carbonyl (C=O) groups excluding carboxylic acids is 2. The summed E-state index contributed by atoms with van der Waals surface area (Å²) in [6.07, 6.45) is 3.23. The van der Waals surface area contributed by atoms with Crippen LogP contribution in [-0.4, -0.2) is 61.0 Å². The zero-order valence-corrected chi connectivity index (χ0v) is 14.1. The zero-order chi connectivity index (χ0) is 17.5. The van der Waals surface area contributed by atoms with Crippen molar-refractivity contribution >= 4 is 11.8 Å². The quantitative estimate of drug-likeness (QED) is 0.796. The van der Waals surface area contributed by atoms with E-state index in [-0.39, 0.29) is 11.8 Å². The summed E-state index contributed by atoms with van der Waals surface area (Å²) in [4.78, 5) is 31.6. The molecule has 1 saturated heterocycles. The Morgan fingerprint density at radius 3 is 2.36 bits per heavy atom. The summed E-state index contributed by atoms with van der Waals surface area (Å²) in [7, 11) is 0. The first kappa shape index (κ1) is 17.1. The monoisotopic (exact) mass is 339 g/mol. The van der Waals surface area contributed by atoms with Gasteiger partial charge in [-0.1, -0.05) is 18.2 Å². The number of hydrogen-bond donors (Lipinski definition) is 2. The fourth-order valence-corrected chi connectivity index (χ4v) is 3.00. The number of rotatable bonds is 5. The van der Waals surface area contributed by atoms with Gasteiger partial charge in [0.1, 0.15) is 0 Å². The van der Waals surface area contributed by atoms with Crippen LogP contribution in [0.15, 0.2) is 54.9 Å². The molecule has 3 rings (SSSR count). The molecular weight excluding hydrogens is 316 g/mol. The van der Waals surface area contributed by atoms with Crippen LogP contribution >= 0.6 is 0 Å². The Morgan fingerprint density at radius 2 is 1.68 bits per heavy atom. The fraction of sp³-hybridized carbons (Fsp3) is 0.316. The Labute approximate surface area is 147 Å². The van der Waals surface area contributed by atoms with Crippen molar-refractivity contribution in [2.24, 2.45) is 0 Å². The minimum absolute atomic E-state index is 0.0697. The molecular formula is C19H23N4O2+. The van der Waals surface area contributed by atoms with E-state index >= 15 is 0 Å². The lowest BCUT2D eigenvalue weighted by Gasteiger charge is -2.32. The number of amides is 2. The summed E-state index contributed by atoms with van der Waals surface area (Å²) in [5.41, 5.74) is 1.37. The van der Waals surface area contributed by atoms with E-state index in [1.54, 1.807) is 24.5 Å². The first-order chi connectivity index (χ1) is 12.2. The van der Waals surface area contributed by atoms with Crippen LogP contribution in [0, 0.1) is 0 Å². The molecule has 6 heteroatoms. The maximum Gasteiger partial charge on any atom is 0.254 e. The number of quaternary nitrogens is 1. The summed E-state index contributed by atoms with van der Waals surface area (Å²) in [6.45, 7) is 4.81. The van der Waals surface area contributed by atoms with Gasteiger partial charge in [0.2, 0.25) is 0 Å². The first-order valence-electron chi connectivity index (χ1n) is 8.60. The largest absolute Gasteiger partial charge is 0.346 e. The molecule has 1 aromatic carbocycles. The van der Waals surface area contributed by atoms with Crippen LogP contribution < -0.4 is 10.2 Å². The van der Waals surface area contributed by atoms with E-state index in [4.69, 9.17) is 0 Å². The SMILES string of the molecule is O=C(NCC[NH+]1CCN(C(=O)c2ccccc2)CC1)c1ccncc1. The van der Waals surface area contributed by atoms with Gasteiger partial charge in [0.15, 0.2) is 0 Å². The number of aromatic nitrogens is 1. The fourth-order valence-electron chi connectivity index (χ4n) is 3.00. The molecule has 6 nitrogen and oxygen atoms in total. The highest BCUT2D eigenvalue weighted by atomic mass is 16.2. The average Bonchev–Trinajstić information content (AvgIpc) is 2.69. The minimum atomic E-state index is -0.0697. The van der Waals surface area contributed by atoms with Gasteiger partial charge >= 0.3 is 0 Å². The summed E-state index contributed by atoms with van der Waals surface area (Å²) < 4.78 is 0. The summed E-state index contributed by atoms with van der Waals surface area (Å²) >= 11 is 0. The lowest BCUT2D eigenvalue weighted by Crippen LogP contribution is -3.15. The molecule has 1 aliphatic heterocycles. The van der Waals surface area contributed by atoms with Gasteiger partial charge in [-0.25, -0.2) is 0 Å². The van der Waals surface area contributed by atoms with Crippen molar-refractivity contribution in [3.8, 4) is 0 Å². The van der Waals surface area contributed by atoms with Crippen LogP contribution in [0.25, 0.3) is 0 Å². The third-order valence-corrected chi connectivity index (χ3v) is 4.49. The second-order valence-electron chi connectivity index (χ2n) is 6.15. The molecule has 25 heavy (non-hydrogen) atoms. The third-order valence-electron chi connectivity index (χ3n) is 4.49. The Hall–Kier alpha value is -2.73. The topological polar surface area (TPSA) is 66.7 Å². The van der Waals surface area contributed by atoms with Crippen molar-refractivity contribution in [3.63, 3.8) is 0 Å². The predicted octanol–water partition coefficient (Wildman–Crippen LogP) is -0.148. The molecule has 1 fully saturated rings. The molecule has 0 spiro atoms. The number of piperazine rings is 1. The van der Waals surface area contributed by atoms with Crippen LogP contribution in [0.4, 0.5) is 0 Å². The minimum Gasteiger partial charge on any atom is -0.346 e. The van der Waals surface area contributed by atoms with Gasteiger partial charge in [0.05, 0.1) is 39.3 Å². The smallest absolute Gasteiger partial charge is 0.254 e. The second-order valence-corrected chi connectivity index (χ2v) is 6.15. The molecule has 1 aliphatic rings. The predicted molar refractivity (Wildman–Crippen MR) is 94.5 cm³/mol. The highest BCUT2D eigenvalue weighted by molar-refractivity contribution is 5.94. The van der Waals surface area contributed by atoms with Gasteiger partial charge in [-0.05, 0) is 24.3 Å². The molecule has 2 amide bonds. The van der Waals surface area contributed by atoms with Crippen LogP contribution in [0.1, 0.15) is 20.7 Å². The molecule has 130 valence electrons. The molecule has 0 saturated carbocycles. The Bertz CT molecular complexity index is 695. The number of carbonyl (C=O) groups is 2. The highest BCUT2D eigenvalue weighted by Gasteiger charge is 2.24. The van der Waals surface area contributed by atoms with Gasteiger partial charge in [-0.2, -0.15) is 0 Å². The molecule has 0 atom stereocenters. The Balaban J connectivity index is 1.39. The Morgan fingerprint density at radius 1 is 1.00 bits per heavy atom. The van der Waals surface area contributed by atoms with E-state index in [0.29, 0.717) is 12.1 Å². The van der Waals surface area contributed by atoms with Gasteiger partial charge < -0.3 is 15.1 Å². The lowest BCUT2D eigenvalue weighted by molar-refractivity contribution is -0.902. The van der Waals surface area contributed by atoms with Crippen molar-refractivity contribution in [3.05, 3.63) is 66.0 Å². The normalized spacial score (nSPS) is 15.0. The highest BCUT2D eigenvalue weighted by Crippen LogP contribution is 2.04. The average molecular weight is 339 g/mol. The lowest BCUT2D eigenvalue weighted by atomic mass is 10.2. The molecule has 2 heterocycles. The molecule has 0 radical (unpaired) electrons. The van der Waals surface area contributed by atoms with Crippen LogP contribution in [0.5, 0.6) is 0 Å². The third kappa shape index (κ3) is 4.64. The number of pyridine rings is 1. The maximum atomic E-state index is 12.4. The molecule has 1 aromatic heterocycles. The van der Waals surface area contributed by atoms with Crippen molar-refractivity contribution in [2.45, 2.75) is 0 Å². The van der Waals surface area contributed by atoms with Crippen LogP contribution in [0.2, 0.25) is 0 Å². The van der Waals surface area contributed by atoms with E-state index in [1.165, 1.54) is 4.90 Å². The van der Waals surface area contributed by atoms with E-state index in [1.807, 2.05) is 35.2 Å². The molecule has 2 aromatic rings. The second kappa shape index (κ2) is 8.39. The van der Waals surface area contributed by atoms with Gasteiger partial charge in [-0.3, -0.25) is 14.6 Å². The standard InChI is InChI=1S/C19H22N4O2/c24-18(16-6-8-20-9-7-16)21-10-11-22-12-14-23(15-13-22)19(25)17-4-2-1-3-5-17/h1-9H,10-15H2,(H,21,24)/p+1. The van der Waals surface area contributed by atoms with Crippen molar-refractivity contribution in [2.75, 3.05) is 39.3 Å². The van der Waals surface area contributed by atoms with E-state index in [2.05, 4.69) is 10.3 Å². The number of hydrogen-bond acceptors (Lipinski definition) is 3. The van der Waals surface area contributed by atoms with Gasteiger partial charge in [0, 0.05) is 23.5 Å². The van der Waals surface area contributed by atoms with E-state index in [9.17, 15) is 9.59 Å². The molecule has 2 N–H and O–H groups in total. The molecule has 0 unspecified atom stereocenters. The van der Waals surface area contributed by atoms with E-state index in [0.717, 1.165) is 38.3 Å². The van der Waals surface area contributed by atoms with E-state index < -0.39 is 0 Å². The Kier molecular flexibility index (Phi) is 5.74. The first-order valence-corrected chi connectivity index (χ1v) is 8.60. The van der Waals surface area contributed by atoms with Crippen LogP contribution in [0.3, 0.4) is 0 Å². The number of nitrogens with zero attached hydrogens (tertiary/aromatic N) is 2. The van der Waals surface area contributed by atoms with Gasteiger partial charge in [0.25, 0.3) is 11.8 Å². The van der Waals surface area contributed by atoms with Gasteiger partial charge in [-0.15, -0.1) is 0 Å². The summed E-state index contributed by atoms with van der Waals surface area (Å²) in [5.74, 6) is 0.0327. The number of nitrogens with one attached hydrogen (secondary N) is 2. The summed E-state index contributed by atoms with van der Waals surface area (Å²) in [6, 6.07) is 12.8. The van der Waals surface area contributed by atoms with Crippen molar-refractivity contribution in [1.82, 2.24) is 15.2 Å². The molecule has 0 bridgehead atoms. The van der Waals surface area contributed by atoms with Crippen molar-refractivity contribution < 1.29 is 14.5 Å². The number of benzene rings is 1.